The van der Waals surface area contributed by atoms with Crippen LogP contribution in [0.3, 0.4) is 0 Å². The molecule has 2 aromatic heterocycles. The zero-order chi connectivity index (χ0) is 13.7. The number of nitrogens with zero attached hydrogens (tertiary/aromatic N) is 3. The second-order valence-corrected chi connectivity index (χ2v) is 3.79. The van der Waals surface area contributed by atoms with E-state index >= 15 is 0 Å². The maximum Gasteiger partial charge on any atom is 0.358 e. The number of amides is 1. The van der Waals surface area contributed by atoms with Crippen LogP contribution >= 0.6 is 0 Å². The van der Waals surface area contributed by atoms with E-state index in [4.69, 9.17) is 9.52 Å². The normalized spacial score (nSPS) is 10.3. The van der Waals surface area contributed by atoms with Gasteiger partial charge in [-0.25, -0.2) is 9.48 Å². The van der Waals surface area contributed by atoms with E-state index in [0.717, 1.165) is 5.76 Å². The Balaban J connectivity index is 1.75. The molecule has 0 bridgehead atoms. The van der Waals surface area contributed by atoms with E-state index in [1.54, 1.807) is 12.3 Å². The lowest BCUT2D eigenvalue weighted by Gasteiger charge is -2.03. The Morgan fingerprint density at radius 1 is 1.47 bits per heavy atom. The Kier molecular flexibility index (Phi) is 3.91. The highest BCUT2D eigenvalue weighted by molar-refractivity contribution is 5.84. The Bertz CT molecular complexity index is 561. The minimum absolute atomic E-state index is 0.0710. The molecule has 0 saturated heterocycles. The molecule has 2 aromatic rings. The molecular weight excluding hydrogens is 252 g/mol. The van der Waals surface area contributed by atoms with E-state index in [-0.39, 0.29) is 18.1 Å². The molecule has 2 rings (SSSR count). The molecular formula is C11H12N4O4. The lowest BCUT2D eigenvalue weighted by Crippen LogP contribution is -2.29. The Labute approximate surface area is 108 Å². The van der Waals surface area contributed by atoms with Gasteiger partial charge in [-0.2, -0.15) is 0 Å². The first-order valence-corrected chi connectivity index (χ1v) is 5.57. The number of nitrogens with one attached hydrogen (secondary N) is 1. The molecule has 2 N–H and O–H groups in total. The monoisotopic (exact) mass is 264 g/mol. The predicted octanol–water partition coefficient (Wildman–Crippen LogP) is -0.0718. The highest BCUT2D eigenvalue weighted by Gasteiger charge is 2.10. The quantitative estimate of drug-likeness (QED) is 0.755. The van der Waals surface area contributed by atoms with Crippen LogP contribution in [0.4, 0.5) is 0 Å². The SMILES string of the molecule is O=C(Cn1cc(C(=O)O)nn1)NCCc1ccco1. The zero-order valence-corrected chi connectivity index (χ0v) is 9.94. The van der Waals surface area contributed by atoms with Crippen LogP contribution in [0.2, 0.25) is 0 Å². The molecule has 0 fully saturated rings. The fraction of sp³-hybridized carbons (Fsp3) is 0.273. The molecule has 0 unspecified atom stereocenters. The summed E-state index contributed by atoms with van der Waals surface area (Å²) in [6.07, 6.45) is 3.37. The Hall–Kier alpha value is -2.64. The zero-order valence-electron chi connectivity index (χ0n) is 9.94. The average molecular weight is 264 g/mol. The summed E-state index contributed by atoms with van der Waals surface area (Å²) < 4.78 is 6.29. The van der Waals surface area contributed by atoms with Crippen LogP contribution in [0.15, 0.2) is 29.0 Å². The predicted molar refractivity (Wildman–Crippen MR) is 62.4 cm³/mol. The lowest BCUT2D eigenvalue weighted by molar-refractivity contribution is -0.121. The molecule has 0 aliphatic rings. The number of hydrogen-bond donors (Lipinski definition) is 2. The summed E-state index contributed by atoms with van der Waals surface area (Å²) in [5.74, 6) is -0.660. The Morgan fingerprint density at radius 2 is 2.32 bits per heavy atom. The summed E-state index contributed by atoms with van der Waals surface area (Å²) in [6, 6.07) is 3.60. The molecule has 0 aliphatic carbocycles. The summed E-state index contributed by atoms with van der Waals surface area (Å²) in [5.41, 5.74) is -0.191. The topological polar surface area (TPSA) is 110 Å². The fourth-order valence-electron chi connectivity index (χ4n) is 1.46. The third kappa shape index (κ3) is 3.66. The number of carboxylic acids is 1. The van der Waals surface area contributed by atoms with E-state index in [0.29, 0.717) is 13.0 Å². The summed E-state index contributed by atoms with van der Waals surface area (Å²) in [4.78, 5) is 22.1. The van der Waals surface area contributed by atoms with Gasteiger partial charge in [0.2, 0.25) is 5.91 Å². The van der Waals surface area contributed by atoms with E-state index in [2.05, 4.69) is 15.6 Å². The van der Waals surface area contributed by atoms with Gasteiger partial charge in [-0.15, -0.1) is 5.10 Å². The average Bonchev–Trinajstić information content (AvgIpc) is 3.00. The van der Waals surface area contributed by atoms with Gasteiger partial charge in [0.15, 0.2) is 5.69 Å². The van der Waals surface area contributed by atoms with Crippen molar-refractivity contribution in [1.29, 1.82) is 0 Å². The van der Waals surface area contributed by atoms with Crippen molar-refractivity contribution in [2.75, 3.05) is 6.54 Å². The maximum atomic E-state index is 11.5. The van der Waals surface area contributed by atoms with Crippen molar-refractivity contribution < 1.29 is 19.1 Å². The molecule has 0 aliphatic heterocycles. The van der Waals surface area contributed by atoms with Crippen molar-refractivity contribution >= 4 is 11.9 Å². The molecule has 8 heteroatoms. The highest BCUT2D eigenvalue weighted by Crippen LogP contribution is 1.99. The van der Waals surface area contributed by atoms with Gasteiger partial charge in [0.1, 0.15) is 12.3 Å². The second-order valence-electron chi connectivity index (χ2n) is 3.79. The molecule has 0 saturated carbocycles. The lowest BCUT2D eigenvalue weighted by atomic mass is 10.3. The first-order chi connectivity index (χ1) is 9.15. The summed E-state index contributed by atoms with van der Waals surface area (Å²) in [7, 11) is 0. The van der Waals surface area contributed by atoms with Crippen LogP contribution in [-0.2, 0) is 17.8 Å². The van der Waals surface area contributed by atoms with Gasteiger partial charge in [-0.05, 0) is 12.1 Å². The molecule has 100 valence electrons. The maximum absolute atomic E-state index is 11.5. The van der Waals surface area contributed by atoms with Gasteiger partial charge < -0.3 is 14.8 Å². The van der Waals surface area contributed by atoms with E-state index in [1.165, 1.54) is 10.9 Å². The highest BCUT2D eigenvalue weighted by atomic mass is 16.4. The smallest absolute Gasteiger partial charge is 0.358 e. The number of aromatic nitrogens is 3. The van der Waals surface area contributed by atoms with Crippen LogP contribution < -0.4 is 5.32 Å². The molecule has 1 amide bonds. The van der Waals surface area contributed by atoms with Gasteiger partial charge in [-0.3, -0.25) is 4.79 Å². The number of rotatable bonds is 6. The third-order valence-corrected chi connectivity index (χ3v) is 2.34. The molecule has 0 atom stereocenters. The van der Waals surface area contributed by atoms with Crippen LogP contribution in [0.5, 0.6) is 0 Å². The van der Waals surface area contributed by atoms with Gasteiger partial charge >= 0.3 is 5.97 Å². The summed E-state index contributed by atoms with van der Waals surface area (Å²) in [5, 5.41) is 18.3. The number of aromatic carboxylic acids is 1. The van der Waals surface area contributed by atoms with E-state index in [9.17, 15) is 9.59 Å². The number of carboxylic acid groups (broad SMARTS) is 1. The van der Waals surface area contributed by atoms with Gasteiger partial charge in [0.25, 0.3) is 0 Å². The van der Waals surface area contributed by atoms with E-state index < -0.39 is 5.97 Å². The molecule has 2 heterocycles. The first-order valence-electron chi connectivity index (χ1n) is 5.57. The number of hydrogen-bond acceptors (Lipinski definition) is 5. The van der Waals surface area contributed by atoms with Crippen LogP contribution in [0.25, 0.3) is 0 Å². The van der Waals surface area contributed by atoms with Crippen LogP contribution in [0.1, 0.15) is 16.2 Å². The largest absolute Gasteiger partial charge is 0.476 e. The van der Waals surface area contributed by atoms with Crippen molar-refractivity contribution in [1.82, 2.24) is 20.3 Å². The fourth-order valence-corrected chi connectivity index (χ4v) is 1.46. The second kappa shape index (κ2) is 5.80. The van der Waals surface area contributed by atoms with Crippen molar-refractivity contribution in [3.63, 3.8) is 0 Å². The minimum atomic E-state index is -1.18. The first kappa shape index (κ1) is 12.8. The van der Waals surface area contributed by atoms with Crippen molar-refractivity contribution in [2.45, 2.75) is 13.0 Å². The number of carbonyl (C=O) groups is 2. The molecule has 19 heavy (non-hydrogen) atoms. The standard InChI is InChI=1S/C11H12N4O4/c16-10(12-4-3-8-2-1-5-19-8)7-15-6-9(11(17)18)13-14-15/h1-2,5-6H,3-4,7H2,(H,12,16)(H,17,18). The third-order valence-electron chi connectivity index (χ3n) is 2.34. The molecule has 0 radical (unpaired) electrons. The Morgan fingerprint density at radius 3 is 2.95 bits per heavy atom. The molecule has 0 spiro atoms. The molecule has 8 nitrogen and oxygen atoms in total. The van der Waals surface area contributed by atoms with Crippen molar-refractivity contribution in [3.05, 3.63) is 36.0 Å². The molecule has 0 aromatic carbocycles. The van der Waals surface area contributed by atoms with Crippen molar-refractivity contribution in [3.8, 4) is 0 Å². The number of carbonyl (C=O) groups excluding carboxylic acids is 1. The minimum Gasteiger partial charge on any atom is -0.476 e. The van der Waals surface area contributed by atoms with Gasteiger partial charge in [0.05, 0.1) is 12.5 Å². The van der Waals surface area contributed by atoms with Gasteiger partial charge in [-0.1, -0.05) is 5.21 Å². The van der Waals surface area contributed by atoms with Crippen molar-refractivity contribution in [2.24, 2.45) is 0 Å². The van der Waals surface area contributed by atoms with Crippen LogP contribution in [-0.4, -0.2) is 38.5 Å². The summed E-state index contributed by atoms with van der Waals surface area (Å²) in [6.45, 7) is 0.366. The summed E-state index contributed by atoms with van der Waals surface area (Å²) >= 11 is 0. The van der Waals surface area contributed by atoms with E-state index in [1.807, 2.05) is 6.07 Å². The van der Waals surface area contributed by atoms with Crippen LogP contribution in [0, 0.1) is 0 Å². The number of furan rings is 1. The van der Waals surface area contributed by atoms with Gasteiger partial charge in [0, 0.05) is 13.0 Å².